The van der Waals surface area contributed by atoms with Crippen molar-refractivity contribution in [3.05, 3.63) is 24.3 Å². The Morgan fingerprint density at radius 3 is 0.863 bits per heavy atom. The largest absolute Gasteiger partial charge is 0.472 e. The van der Waals surface area contributed by atoms with E-state index in [0.717, 1.165) is 115 Å². The van der Waals surface area contributed by atoms with Crippen molar-refractivity contribution in [3.63, 3.8) is 0 Å². The summed E-state index contributed by atoms with van der Waals surface area (Å²) in [6.45, 7) is 7.24. The maximum atomic E-state index is 13.1. The molecular weight excluding hydrogens is 1250 g/mol. The molecule has 0 aromatic heterocycles. The van der Waals surface area contributed by atoms with Crippen molar-refractivity contribution in [1.29, 1.82) is 0 Å². The Morgan fingerprint density at radius 2 is 0.568 bits per heavy atom. The fourth-order valence-corrected chi connectivity index (χ4v) is 12.7. The summed E-state index contributed by atoms with van der Waals surface area (Å²) in [7, 11) is -9.92. The predicted molar refractivity (Wildman–Crippen MR) is 386 cm³/mol. The standard InChI is InChI=1S/C76H144O17P2/c1-6-9-12-15-18-21-24-25-27-31-36-40-45-50-55-60-74(79)87-66-72(93-76(81)62-57-52-47-42-37-32-29-26-28-30-35-38-43-48-53-58-69(4)5)68-91-95(84,85)89-64-70(77)63-88-94(82,83)90-67-71(92-75(80)61-56-51-46-41-34-23-20-17-14-11-8-3)65-86-73(78)59-54-49-44-39-33-22-19-16-13-10-7-2/h21,24-25,27,69-72,77H,6-20,22-23,26,28-68H2,1-5H3,(H,82,83)(H,84,85)/b24-21-,27-25-/t70-,71+,72+/m0/s1. The topological polar surface area (TPSA) is 237 Å². The molecule has 0 heterocycles. The van der Waals surface area contributed by atoms with Gasteiger partial charge in [-0.3, -0.25) is 37.3 Å². The Hall–Kier alpha value is -2.46. The number of phosphoric acid groups is 2. The van der Waals surface area contributed by atoms with Gasteiger partial charge >= 0.3 is 39.5 Å². The van der Waals surface area contributed by atoms with Crippen LogP contribution in [0.3, 0.4) is 0 Å². The Labute approximate surface area is 580 Å². The van der Waals surface area contributed by atoms with Crippen molar-refractivity contribution in [2.45, 2.75) is 393 Å². The van der Waals surface area contributed by atoms with Crippen LogP contribution in [-0.2, 0) is 65.4 Å². The van der Waals surface area contributed by atoms with Crippen LogP contribution in [-0.4, -0.2) is 96.7 Å². The number of rotatable bonds is 74. The molecule has 17 nitrogen and oxygen atoms in total. The molecule has 3 N–H and O–H groups in total. The molecule has 95 heavy (non-hydrogen) atoms. The minimum absolute atomic E-state index is 0.101. The average molecular weight is 1390 g/mol. The number of esters is 4. The van der Waals surface area contributed by atoms with E-state index in [1.54, 1.807) is 0 Å². The van der Waals surface area contributed by atoms with Gasteiger partial charge < -0.3 is 33.8 Å². The number of hydrogen-bond acceptors (Lipinski definition) is 15. The molecular formula is C76H144O17P2. The van der Waals surface area contributed by atoms with Crippen molar-refractivity contribution < 1.29 is 80.2 Å². The maximum absolute atomic E-state index is 13.1. The minimum Gasteiger partial charge on any atom is -0.462 e. The second kappa shape index (κ2) is 68.7. The summed E-state index contributed by atoms with van der Waals surface area (Å²) >= 11 is 0. The van der Waals surface area contributed by atoms with E-state index in [4.69, 9.17) is 37.0 Å². The predicted octanol–water partition coefficient (Wildman–Crippen LogP) is 22.0. The van der Waals surface area contributed by atoms with Crippen LogP contribution in [0.1, 0.15) is 375 Å². The Bertz CT molecular complexity index is 1920. The van der Waals surface area contributed by atoms with Crippen LogP contribution in [0.2, 0.25) is 0 Å². The van der Waals surface area contributed by atoms with E-state index in [0.29, 0.717) is 25.7 Å². The van der Waals surface area contributed by atoms with Crippen LogP contribution in [0, 0.1) is 5.92 Å². The summed E-state index contributed by atoms with van der Waals surface area (Å²) in [4.78, 5) is 72.8. The molecule has 0 aromatic carbocycles. The highest BCUT2D eigenvalue weighted by Crippen LogP contribution is 2.45. The summed E-state index contributed by atoms with van der Waals surface area (Å²) < 4.78 is 68.5. The lowest BCUT2D eigenvalue weighted by molar-refractivity contribution is -0.161. The summed E-state index contributed by atoms with van der Waals surface area (Å²) in [5.74, 6) is -1.34. The van der Waals surface area contributed by atoms with E-state index in [1.165, 1.54) is 180 Å². The van der Waals surface area contributed by atoms with Crippen LogP contribution in [0.25, 0.3) is 0 Å². The molecule has 0 spiro atoms. The molecule has 0 radical (unpaired) electrons. The smallest absolute Gasteiger partial charge is 0.462 e. The van der Waals surface area contributed by atoms with Gasteiger partial charge in [0.25, 0.3) is 0 Å². The SMILES string of the molecule is CCCCCC/C=C\C=C/CCCCCCCC(=O)OC[C@H](COP(=O)(O)OC[C@@H](O)COP(=O)(O)OC[C@@H](COC(=O)CCCCCCCCCCCCC)OC(=O)CCCCCCCCCCCCC)OC(=O)CCCCCCCCCCCCCCCCCC(C)C. The maximum Gasteiger partial charge on any atom is 0.472 e. The summed E-state index contributed by atoms with van der Waals surface area (Å²) in [6, 6.07) is 0. The van der Waals surface area contributed by atoms with Crippen molar-refractivity contribution in [2.75, 3.05) is 39.6 Å². The highest BCUT2D eigenvalue weighted by atomic mass is 31.2. The first-order valence-corrected chi connectivity index (χ1v) is 41.9. The lowest BCUT2D eigenvalue weighted by atomic mass is 10.0. The quantitative estimate of drug-likeness (QED) is 0.0169. The second-order valence-corrected chi connectivity index (χ2v) is 30.1. The van der Waals surface area contributed by atoms with Crippen molar-refractivity contribution in [1.82, 2.24) is 0 Å². The normalized spacial score (nSPS) is 14.1. The number of carbonyl (C=O) groups is 4. The first kappa shape index (κ1) is 92.5. The number of aliphatic hydroxyl groups is 1. The molecule has 5 atom stereocenters. The number of phosphoric ester groups is 2. The molecule has 0 aromatic rings. The molecule has 0 rings (SSSR count). The van der Waals surface area contributed by atoms with E-state index < -0.39 is 97.5 Å². The van der Waals surface area contributed by atoms with Gasteiger partial charge in [0.05, 0.1) is 26.4 Å². The van der Waals surface area contributed by atoms with Gasteiger partial charge in [-0.15, -0.1) is 0 Å². The Balaban J connectivity index is 5.27. The third kappa shape index (κ3) is 69.8. The lowest BCUT2D eigenvalue weighted by Crippen LogP contribution is -2.30. The fourth-order valence-electron chi connectivity index (χ4n) is 11.2. The number of unbranched alkanes of at least 4 members (excludes halogenated alkanes) is 43. The highest BCUT2D eigenvalue weighted by Gasteiger charge is 2.30. The molecule has 560 valence electrons. The van der Waals surface area contributed by atoms with E-state index in [9.17, 15) is 43.2 Å². The van der Waals surface area contributed by atoms with E-state index in [-0.39, 0.29) is 25.7 Å². The first-order valence-electron chi connectivity index (χ1n) is 39.0. The van der Waals surface area contributed by atoms with Crippen LogP contribution in [0.5, 0.6) is 0 Å². The monoisotopic (exact) mass is 1390 g/mol. The summed E-state index contributed by atoms with van der Waals surface area (Å²) in [5.41, 5.74) is 0. The van der Waals surface area contributed by atoms with Gasteiger partial charge in [-0.2, -0.15) is 0 Å². The second-order valence-electron chi connectivity index (χ2n) is 27.2. The van der Waals surface area contributed by atoms with Gasteiger partial charge in [-0.25, -0.2) is 9.13 Å². The Kier molecular flexibility index (Phi) is 66.9. The van der Waals surface area contributed by atoms with Crippen LogP contribution >= 0.6 is 15.6 Å². The average Bonchev–Trinajstić information content (AvgIpc) is 1.42. The number of hydrogen-bond donors (Lipinski definition) is 3. The number of aliphatic hydroxyl groups excluding tert-OH is 1. The zero-order chi connectivity index (χ0) is 69.8. The van der Waals surface area contributed by atoms with Gasteiger partial charge in [0, 0.05) is 25.7 Å². The van der Waals surface area contributed by atoms with Crippen molar-refractivity contribution >= 4 is 39.5 Å². The number of carbonyl (C=O) groups excluding carboxylic acids is 4. The number of allylic oxidation sites excluding steroid dienone is 4. The van der Waals surface area contributed by atoms with Gasteiger partial charge in [-0.1, -0.05) is 322 Å². The fraction of sp³-hybridized carbons (Fsp3) is 0.895. The van der Waals surface area contributed by atoms with E-state index in [1.807, 2.05) is 0 Å². The van der Waals surface area contributed by atoms with Gasteiger partial charge in [0.2, 0.25) is 0 Å². The molecule has 0 aliphatic rings. The molecule has 19 heteroatoms. The molecule has 0 aliphatic heterocycles. The zero-order valence-electron chi connectivity index (χ0n) is 61.3. The Morgan fingerprint density at radius 1 is 0.326 bits per heavy atom. The molecule has 0 saturated heterocycles. The molecule has 0 bridgehead atoms. The minimum atomic E-state index is -4.96. The summed E-state index contributed by atoms with van der Waals surface area (Å²) in [6.07, 6.45) is 60.3. The van der Waals surface area contributed by atoms with Gasteiger partial charge in [0.1, 0.15) is 19.3 Å². The molecule has 0 amide bonds. The third-order valence-electron chi connectivity index (χ3n) is 17.2. The number of ether oxygens (including phenoxy) is 4. The van der Waals surface area contributed by atoms with Gasteiger partial charge in [-0.05, 0) is 57.3 Å². The molecule has 0 aliphatic carbocycles. The molecule has 0 fully saturated rings. The summed E-state index contributed by atoms with van der Waals surface area (Å²) in [5, 5.41) is 10.6. The van der Waals surface area contributed by atoms with Crippen molar-refractivity contribution in [3.8, 4) is 0 Å². The van der Waals surface area contributed by atoms with E-state index in [2.05, 4.69) is 58.9 Å². The highest BCUT2D eigenvalue weighted by molar-refractivity contribution is 7.47. The molecule has 0 saturated carbocycles. The van der Waals surface area contributed by atoms with Crippen LogP contribution in [0.15, 0.2) is 24.3 Å². The molecule has 2 unspecified atom stereocenters. The van der Waals surface area contributed by atoms with Crippen molar-refractivity contribution in [2.24, 2.45) is 5.92 Å². The van der Waals surface area contributed by atoms with Crippen LogP contribution in [0.4, 0.5) is 0 Å². The van der Waals surface area contributed by atoms with E-state index >= 15 is 0 Å². The zero-order valence-corrected chi connectivity index (χ0v) is 63.1. The van der Waals surface area contributed by atoms with Gasteiger partial charge in [0.15, 0.2) is 12.2 Å². The van der Waals surface area contributed by atoms with Crippen LogP contribution < -0.4 is 0 Å². The lowest BCUT2D eigenvalue weighted by Gasteiger charge is -2.21. The first-order chi connectivity index (χ1) is 46.0. The third-order valence-corrected chi connectivity index (χ3v) is 19.1.